The van der Waals surface area contributed by atoms with Crippen LogP contribution in [0, 0.1) is 17.8 Å². The van der Waals surface area contributed by atoms with Crippen LogP contribution < -0.4 is 9.80 Å². The molecule has 2 fully saturated rings. The number of rotatable bonds is 2. The standard InChI is InChI=1S/C48H49F3N2/c1-30-10-18-38-33(26-30)28-44(2)22-6-8-24-46(44,4)52(38)40-19-13-31-12-17-37-41(20-14-32-11-16-36(40)42(31)43(32)37)53-39-21-15-35(48(49,50)51)27-34(39)29-45(3)23-7-9-25-47(45,53)5/h10-21,26-27H,6-9,22-25,28-29H2,1-5H3. The molecule has 2 aliphatic heterocycles. The molecule has 4 atom stereocenters. The van der Waals surface area contributed by atoms with Crippen molar-refractivity contribution in [3.8, 4) is 0 Å². The predicted molar refractivity (Wildman–Crippen MR) is 214 cm³/mol. The molecule has 6 aromatic rings. The average molecular weight is 711 g/mol. The second-order valence-corrected chi connectivity index (χ2v) is 18.2. The van der Waals surface area contributed by atoms with Crippen LogP contribution in [0.2, 0.25) is 0 Å². The third kappa shape index (κ3) is 4.46. The van der Waals surface area contributed by atoms with Crippen molar-refractivity contribution >= 4 is 55.1 Å². The van der Waals surface area contributed by atoms with Crippen molar-refractivity contribution < 1.29 is 13.2 Å². The Bertz CT molecular complexity index is 2460. The van der Waals surface area contributed by atoms with Gasteiger partial charge in [0.15, 0.2) is 0 Å². The fourth-order valence-electron chi connectivity index (χ4n) is 12.0. The molecule has 0 saturated heterocycles. The summed E-state index contributed by atoms with van der Waals surface area (Å²) in [7, 11) is 0. The van der Waals surface area contributed by atoms with Crippen LogP contribution in [0.5, 0.6) is 0 Å². The first-order valence-electron chi connectivity index (χ1n) is 19.9. The van der Waals surface area contributed by atoms with Crippen LogP contribution in [0.4, 0.5) is 35.9 Å². The Morgan fingerprint density at radius 1 is 0.509 bits per heavy atom. The van der Waals surface area contributed by atoms with Crippen LogP contribution in [0.3, 0.4) is 0 Å². The number of aryl methyl sites for hydroxylation is 1. The van der Waals surface area contributed by atoms with Gasteiger partial charge in [-0.25, -0.2) is 0 Å². The van der Waals surface area contributed by atoms with Gasteiger partial charge in [-0.2, -0.15) is 13.2 Å². The lowest BCUT2D eigenvalue weighted by Crippen LogP contribution is -2.60. The molecule has 5 heteroatoms. The molecule has 2 saturated carbocycles. The number of hydrogen-bond acceptors (Lipinski definition) is 2. The van der Waals surface area contributed by atoms with Crippen LogP contribution in [0.1, 0.15) is 101 Å². The fraction of sp³-hybridized carbons (Fsp3) is 0.417. The summed E-state index contributed by atoms with van der Waals surface area (Å²) in [5.74, 6) is 0. The zero-order chi connectivity index (χ0) is 36.7. The molecule has 272 valence electrons. The first-order valence-corrected chi connectivity index (χ1v) is 19.9. The number of fused-ring (bicyclic) bond motifs is 4. The minimum Gasteiger partial charge on any atom is -0.334 e. The molecule has 0 N–H and O–H groups in total. The highest BCUT2D eigenvalue weighted by Gasteiger charge is 2.55. The highest BCUT2D eigenvalue weighted by atomic mass is 19.4. The van der Waals surface area contributed by atoms with Gasteiger partial charge in [-0.15, -0.1) is 0 Å². The Balaban J connectivity index is 1.23. The summed E-state index contributed by atoms with van der Waals surface area (Å²) in [5.41, 5.74) is 7.33. The zero-order valence-electron chi connectivity index (χ0n) is 31.7. The molecule has 10 rings (SSSR count). The number of hydrogen-bond donors (Lipinski definition) is 0. The first kappa shape index (κ1) is 33.3. The van der Waals surface area contributed by atoms with Gasteiger partial charge < -0.3 is 9.80 Å². The van der Waals surface area contributed by atoms with Gasteiger partial charge in [0.2, 0.25) is 0 Å². The maximum atomic E-state index is 14.1. The van der Waals surface area contributed by atoms with Crippen LogP contribution >= 0.6 is 0 Å². The smallest absolute Gasteiger partial charge is 0.334 e. The van der Waals surface area contributed by atoms with E-state index in [9.17, 15) is 13.2 Å². The highest BCUT2D eigenvalue weighted by Crippen LogP contribution is 2.61. The molecule has 53 heavy (non-hydrogen) atoms. The van der Waals surface area contributed by atoms with E-state index < -0.39 is 11.7 Å². The van der Waals surface area contributed by atoms with E-state index >= 15 is 0 Å². The van der Waals surface area contributed by atoms with Gasteiger partial charge in [-0.1, -0.05) is 93.6 Å². The highest BCUT2D eigenvalue weighted by molar-refractivity contribution is 6.27. The second-order valence-electron chi connectivity index (χ2n) is 18.2. The molecule has 0 amide bonds. The van der Waals surface area contributed by atoms with Crippen molar-refractivity contribution in [2.24, 2.45) is 10.8 Å². The Hall–Kier alpha value is -4.25. The van der Waals surface area contributed by atoms with Gasteiger partial charge >= 0.3 is 6.18 Å². The van der Waals surface area contributed by atoms with Crippen molar-refractivity contribution in [1.29, 1.82) is 0 Å². The van der Waals surface area contributed by atoms with E-state index in [4.69, 9.17) is 0 Å². The van der Waals surface area contributed by atoms with Crippen LogP contribution in [-0.2, 0) is 19.0 Å². The lowest BCUT2D eigenvalue weighted by atomic mass is 9.57. The van der Waals surface area contributed by atoms with E-state index in [1.807, 2.05) is 0 Å². The average Bonchev–Trinajstić information content (AvgIpc) is 3.12. The van der Waals surface area contributed by atoms with Crippen LogP contribution in [-0.4, -0.2) is 11.1 Å². The Morgan fingerprint density at radius 3 is 1.45 bits per heavy atom. The summed E-state index contributed by atoms with van der Waals surface area (Å²) in [6.07, 6.45) is 6.49. The van der Waals surface area contributed by atoms with Gasteiger partial charge in [0.25, 0.3) is 0 Å². The number of anilines is 4. The first-order chi connectivity index (χ1) is 25.2. The van der Waals surface area contributed by atoms with Gasteiger partial charge in [0, 0.05) is 44.6 Å². The number of benzene rings is 6. The minimum atomic E-state index is -4.38. The van der Waals surface area contributed by atoms with E-state index in [-0.39, 0.29) is 21.9 Å². The largest absolute Gasteiger partial charge is 0.416 e. The lowest BCUT2D eigenvalue weighted by Gasteiger charge is -2.60. The van der Waals surface area contributed by atoms with Crippen molar-refractivity contribution in [3.05, 3.63) is 107 Å². The number of nitrogens with zero attached hydrogens (tertiary/aromatic N) is 2. The zero-order valence-corrected chi connectivity index (χ0v) is 31.7. The quantitative estimate of drug-likeness (QED) is 0.165. The fourth-order valence-corrected chi connectivity index (χ4v) is 12.0. The van der Waals surface area contributed by atoms with E-state index in [1.165, 1.54) is 86.2 Å². The molecular formula is C48H49F3N2. The summed E-state index contributed by atoms with van der Waals surface area (Å²) in [5, 5.41) is 7.38. The maximum absolute atomic E-state index is 14.1. The Kier molecular flexibility index (Phi) is 6.87. The molecule has 4 unspecified atom stereocenters. The second kappa shape index (κ2) is 10.9. The molecule has 0 spiro atoms. The van der Waals surface area contributed by atoms with Crippen molar-refractivity contribution in [1.82, 2.24) is 0 Å². The van der Waals surface area contributed by atoms with Gasteiger partial charge in [-0.05, 0) is 139 Å². The maximum Gasteiger partial charge on any atom is 0.416 e. The van der Waals surface area contributed by atoms with E-state index in [1.54, 1.807) is 6.07 Å². The van der Waals surface area contributed by atoms with Gasteiger partial charge in [0.1, 0.15) is 0 Å². The SMILES string of the molecule is Cc1ccc2c(c1)CC1(C)CCCCC1(C)N2c1ccc2ccc3c(N4c5ccc(C(F)(F)F)cc5CC5(C)CCCCC45C)ccc4ccc1c2c43. The summed E-state index contributed by atoms with van der Waals surface area (Å²) >= 11 is 0. The molecular weight excluding hydrogens is 662 g/mol. The van der Waals surface area contributed by atoms with Crippen molar-refractivity contribution in [3.63, 3.8) is 0 Å². The molecule has 0 radical (unpaired) electrons. The van der Waals surface area contributed by atoms with E-state index in [0.29, 0.717) is 6.42 Å². The third-order valence-corrected chi connectivity index (χ3v) is 15.3. The van der Waals surface area contributed by atoms with E-state index in [0.717, 1.165) is 55.5 Å². The van der Waals surface area contributed by atoms with Crippen molar-refractivity contribution in [2.45, 2.75) is 116 Å². The summed E-state index contributed by atoms with van der Waals surface area (Å²) in [6.45, 7) is 12.0. The third-order valence-electron chi connectivity index (χ3n) is 15.3. The molecule has 2 nitrogen and oxygen atoms in total. The molecule has 0 aromatic heterocycles. The molecule has 2 aliphatic carbocycles. The normalized spacial score (nSPS) is 28.6. The topological polar surface area (TPSA) is 6.48 Å². The predicted octanol–water partition coefficient (Wildman–Crippen LogP) is 14.0. The summed E-state index contributed by atoms with van der Waals surface area (Å²) < 4.78 is 42.3. The van der Waals surface area contributed by atoms with Gasteiger partial charge in [0.05, 0.1) is 5.56 Å². The molecule has 6 aromatic carbocycles. The lowest BCUT2D eigenvalue weighted by molar-refractivity contribution is -0.137. The van der Waals surface area contributed by atoms with Crippen LogP contribution in [0.25, 0.3) is 32.3 Å². The Morgan fingerprint density at radius 2 is 0.943 bits per heavy atom. The molecule has 2 heterocycles. The number of halogens is 3. The van der Waals surface area contributed by atoms with Gasteiger partial charge in [-0.3, -0.25) is 0 Å². The van der Waals surface area contributed by atoms with Crippen molar-refractivity contribution in [2.75, 3.05) is 9.80 Å². The summed E-state index contributed by atoms with van der Waals surface area (Å²) in [4.78, 5) is 5.19. The molecule has 4 aliphatic rings. The minimum absolute atomic E-state index is 0.0334. The van der Waals surface area contributed by atoms with Crippen LogP contribution in [0.15, 0.2) is 84.9 Å². The summed E-state index contributed by atoms with van der Waals surface area (Å²) in [6, 6.07) is 29.9. The Labute approximate surface area is 311 Å². The molecule has 0 bridgehead atoms. The monoisotopic (exact) mass is 710 g/mol. The van der Waals surface area contributed by atoms with E-state index in [2.05, 4.69) is 111 Å². The number of alkyl halides is 3.